The summed E-state index contributed by atoms with van der Waals surface area (Å²) in [6.07, 6.45) is 0.949. The molecule has 96 valence electrons. The van der Waals surface area contributed by atoms with Gasteiger partial charge in [-0.3, -0.25) is 9.82 Å². The quantitative estimate of drug-likeness (QED) is 0.894. The number of sulfonamides is 1. The summed E-state index contributed by atoms with van der Waals surface area (Å²) in [5.74, 6) is -1.55. The molecule has 2 aromatic rings. The summed E-state index contributed by atoms with van der Waals surface area (Å²) < 4.78 is 50.9. The third kappa shape index (κ3) is 2.65. The molecule has 0 bridgehead atoms. The number of aromatic amines is 1. The first-order valence-electron chi connectivity index (χ1n) is 4.84. The summed E-state index contributed by atoms with van der Waals surface area (Å²) in [5, 5.41) is 5.98. The van der Waals surface area contributed by atoms with Crippen LogP contribution in [0.25, 0.3) is 11.3 Å². The predicted octanol–water partition coefficient (Wildman–Crippen LogP) is 1.73. The molecule has 18 heavy (non-hydrogen) atoms. The maximum absolute atomic E-state index is 13.5. The molecule has 0 spiro atoms. The van der Waals surface area contributed by atoms with Crippen molar-refractivity contribution in [3.05, 3.63) is 35.9 Å². The van der Waals surface area contributed by atoms with Crippen LogP contribution in [0, 0.1) is 11.6 Å². The lowest BCUT2D eigenvalue weighted by Gasteiger charge is -2.00. The van der Waals surface area contributed by atoms with Crippen molar-refractivity contribution in [1.82, 2.24) is 10.2 Å². The first-order chi connectivity index (χ1) is 8.37. The Morgan fingerprint density at radius 1 is 1.28 bits per heavy atom. The molecule has 0 fully saturated rings. The predicted molar refractivity (Wildman–Crippen MR) is 62.4 cm³/mol. The fourth-order valence-corrected chi connectivity index (χ4v) is 1.93. The Morgan fingerprint density at radius 2 is 1.89 bits per heavy atom. The Balaban J connectivity index is 2.42. The van der Waals surface area contributed by atoms with E-state index < -0.39 is 21.7 Å². The van der Waals surface area contributed by atoms with Gasteiger partial charge in [-0.15, -0.1) is 0 Å². The zero-order valence-corrected chi connectivity index (χ0v) is 10.1. The van der Waals surface area contributed by atoms with Crippen LogP contribution < -0.4 is 4.72 Å². The topological polar surface area (TPSA) is 74.8 Å². The van der Waals surface area contributed by atoms with Gasteiger partial charge in [-0.1, -0.05) is 6.07 Å². The minimum absolute atomic E-state index is 0.0323. The molecule has 0 aliphatic heterocycles. The SMILES string of the molecule is CS(=O)(=O)Nc1cc(-c2c(F)cccc2F)[nH]n1. The summed E-state index contributed by atoms with van der Waals surface area (Å²) in [4.78, 5) is 0. The molecular weight excluding hydrogens is 264 g/mol. The highest BCUT2D eigenvalue weighted by Gasteiger charge is 2.14. The molecule has 0 saturated heterocycles. The van der Waals surface area contributed by atoms with Gasteiger partial charge in [0.25, 0.3) is 0 Å². The summed E-state index contributed by atoms with van der Waals surface area (Å²) in [6, 6.07) is 4.65. The summed E-state index contributed by atoms with van der Waals surface area (Å²) in [6.45, 7) is 0. The van der Waals surface area contributed by atoms with E-state index >= 15 is 0 Å². The third-order valence-electron chi connectivity index (χ3n) is 2.10. The van der Waals surface area contributed by atoms with E-state index in [0.717, 1.165) is 18.4 Å². The van der Waals surface area contributed by atoms with Crippen LogP contribution in [0.5, 0.6) is 0 Å². The van der Waals surface area contributed by atoms with E-state index in [1.807, 2.05) is 0 Å². The average molecular weight is 273 g/mol. The molecule has 0 aliphatic carbocycles. The number of H-pyrrole nitrogens is 1. The van der Waals surface area contributed by atoms with E-state index in [2.05, 4.69) is 14.9 Å². The van der Waals surface area contributed by atoms with Gasteiger partial charge in [-0.2, -0.15) is 5.10 Å². The number of aromatic nitrogens is 2. The van der Waals surface area contributed by atoms with E-state index in [4.69, 9.17) is 0 Å². The van der Waals surface area contributed by atoms with Crippen molar-refractivity contribution >= 4 is 15.8 Å². The van der Waals surface area contributed by atoms with Gasteiger partial charge >= 0.3 is 0 Å². The van der Waals surface area contributed by atoms with Gasteiger partial charge in [0, 0.05) is 6.07 Å². The van der Waals surface area contributed by atoms with E-state index in [1.54, 1.807) is 0 Å². The molecule has 0 amide bonds. The number of hydrogen-bond acceptors (Lipinski definition) is 3. The minimum Gasteiger partial charge on any atom is -0.275 e. The van der Waals surface area contributed by atoms with Crippen molar-refractivity contribution in [2.24, 2.45) is 0 Å². The Morgan fingerprint density at radius 3 is 2.44 bits per heavy atom. The van der Waals surface area contributed by atoms with Crippen LogP contribution in [0.15, 0.2) is 24.3 Å². The fourth-order valence-electron chi connectivity index (χ4n) is 1.45. The van der Waals surface area contributed by atoms with Crippen LogP contribution in [0.3, 0.4) is 0 Å². The largest absolute Gasteiger partial charge is 0.275 e. The molecule has 0 radical (unpaired) electrons. The molecule has 0 saturated carbocycles. The van der Waals surface area contributed by atoms with Gasteiger partial charge in [0.15, 0.2) is 5.82 Å². The van der Waals surface area contributed by atoms with E-state index in [9.17, 15) is 17.2 Å². The van der Waals surface area contributed by atoms with E-state index in [0.29, 0.717) is 0 Å². The number of nitrogens with one attached hydrogen (secondary N) is 2. The highest BCUT2D eigenvalue weighted by atomic mass is 32.2. The van der Waals surface area contributed by atoms with Gasteiger partial charge < -0.3 is 0 Å². The van der Waals surface area contributed by atoms with Gasteiger partial charge in [0.2, 0.25) is 10.0 Å². The van der Waals surface area contributed by atoms with Crippen molar-refractivity contribution in [3.63, 3.8) is 0 Å². The number of hydrogen-bond donors (Lipinski definition) is 2. The van der Waals surface area contributed by atoms with E-state index in [1.165, 1.54) is 12.1 Å². The molecular formula is C10H9F2N3O2S. The van der Waals surface area contributed by atoms with Crippen molar-refractivity contribution in [3.8, 4) is 11.3 Å². The van der Waals surface area contributed by atoms with Gasteiger partial charge in [-0.05, 0) is 12.1 Å². The molecule has 5 nitrogen and oxygen atoms in total. The smallest absolute Gasteiger partial charge is 0.231 e. The monoisotopic (exact) mass is 273 g/mol. The lowest BCUT2D eigenvalue weighted by molar-refractivity contribution is 0.588. The lowest BCUT2D eigenvalue weighted by atomic mass is 10.1. The second-order valence-electron chi connectivity index (χ2n) is 3.64. The highest BCUT2D eigenvalue weighted by molar-refractivity contribution is 7.92. The summed E-state index contributed by atoms with van der Waals surface area (Å²) in [7, 11) is -3.49. The van der Waals surface area contributed by atoms with Crippen molar-refractivity contribution in [2.45, 2.75) is 0 Å². The van der Waals surface area contributed by atoms with Crippen LogP contribution in [0.2, 0.25) is 0 Å². The fraction of sp³-hybridized carbons (Fsp3) is 0.100. The van der Waals surface area contributed by atoms with E-state index in [-0.39, 0.29) is 17.1 Å². The Labute approximate surface area is 102 Å². The Hall–Kier alpha value is -1.96. The molecule has 0 unspecified atom stereocenters. The number of halogens is 2. The standard InChI is InChI=1S/C10H9F2N3O2S/c1-18(16,17)15-9-5-8(13-14-9)10-6(11)3-2-4-7(10)12/h2-5H,1H3,(H2,13,14,15). The van der Waals surface area contributed by atoms with Crippen LogP contribution in [0.1, 0.15) is 0 Å². The molecule has 8 heteroatoms. The Bertz CT molecular complexity index is 662. The highest BCUT2D eigenvalue weighted by Crippen LogP contribution is 2.25. The molecule has 1 heterocycles. The maximum Gasteiger partial charge on any atom is 0.231 e. The number of benzene rings is 1. The maximum atomic E-state index is 13.5. The first kappa shape index (κ1) is 12.5. The first-order valence-corrected chi connectivity index (χ1v) is 6.73. The zero-order valence-electron chi connectivity index (χ0n) is 9.24. The molecule has 0 atom stereocenters. The molecule has 0 aliphatic rings. The molecule has 1 aromatic carbocycles. The zero-order chi connectivity index (χ0) is 13.3. The normalized spacial score (nSPS) is 11.5. The summed E-state index contributed by atoms with van der Waals surface area (Å²) in [5.41, 5.74) is -0.233. The average Bonchev–Trinajstić information content (AvgIpc) is 2.63. The van der Waals surface area contributed by atoms with Gasteiger partial charge in [0.1, 0.15) is 11.6 Å². The lowest BCUT2D eigenvalue weighted by Crippen LogP contribution is -2.09. The van der Waals surface area contributed by atoms with Crippen LogP contribution >= 0.6 is 0 Å². The molecule has 2 rings (SSSR count). The van der Waals surface area contributed by atoms with Crippen LogP contribution in [0.4, 0.5) is 14.6 Å². The second-order valence-corrected chi connectivity index (χ2v) is 5.39. The van der Waals surface area contributed by atoms with Crippen molar-refractivity contribution < 1.29 is 17.2 Å². The van der Waals surface area contributed by atoms with Crippen LogP contribution in [-0.4, -0.2) is 24.9 Å². The van der Waals surface area contributed by atoms with Gasteiger partial charge in [0.05, 0.1) is 17.5 Å². The third-order valence-corrected chi connectivity index (χ3v) is 2.68. The minimum atomic E-state index is -3.49. The van der Waals surface area contributed by atoms with Gasteiger partial charge in [-0.25, -0.2) is 17.2 Å². The van der Waals surface area contributed by atoms with Crippen molar-refractivity contribution in [1.29, 1.82) is 0 Å². The number of rotatable bonds is 3. The Kier molecular flexibility index (Phi) is 3.04. The summed E-state index contributed by atoms with van der Waals surface area (Å²) >= 11 is 0. The second kappa shape index (κ2) is 4.37. The molecule has 2 N–H and O–H groups in total. The van der Waals surface area contributed by atoms with Crippen molar-refractivity contribution in [2.75, 3.05) is 11.0 Å². The number of nitrogens with zero attached hydrogens (tertiary/aromatic N) is 1. The number of anilines is 1. The molecule has 1 aromatic heterocycles. The van der Waals surface area contributed by atoms with Crippen LogP contribution in [-0.2, 0) is 10.0 Å².